The van der Waals surface area contributed by atoms with Gasteiger partial charge in [0.25, 0.3) is 0 Å². The van der Waals surface area contributed by atoms with E-state index in [1.54, 1.807) is 4.90 Å². The standard InChI is InChI=1S/C13H24N2O2/c1-5-6-10(4)8-15-11(16)7-14-13(17)12(15)9(2)3/h9-10,12H,5-8H2,1-4H3,(H,14,17). The molecule has 0 saturated carbocycles. The zero-order valence-corrected chi connectivity index (χ0v) is 11.3. The van der Waals surface area contributed by atoms with Crippen LogP contribution in [0, 0.1) is 11.8 Å². The van der Waals surface area contributed by atoms with Crippen molar-refractivity contribution >= 4 is 11.8 Å². The monoisotopic (exact) mass is 240 g/mol. The van der Waals surface area contributed by atoms with Crippen molar-refractivity contribution in [3.8, 4) is 0 Å². The summed E-state index contributed by atoms with van der Waals surface area (Å²) >= 11 is 0. The number of hydrogen-bond acceptors (Lipinski definition) is 2. The smallest absolute Gasteiger partial charge is 0.243 e. The molecule has 0 radical (unpaired) electrons. The number of carbonyl (C=O) groups excluding carboxylic acids is 2. The Labute approximate surface area is 104 Å². The summed E-state index contributed by atoms with van der Waals surface area (Å²) in [6, 6.07) is -0.296. The van der Waals surface area contributed by atoms with Crippen molar-refractivity contribution in [1.82, 2.24) is 10.2 Å². The van der Waals surface area contributed by atoms with Crippen molar-refractivity contribution in [3.63, 3.8) is 0 Å². The highest BCUT2D eigenvalue weighted by atomic mass is 16.2. The van der Waals surface area contributed by atoms with Crippen molar-refractivity contribution in [3.05, 3.63) is 0 Å². The molecule has 1 heterocycles. The molecule has 0 spiro atoms. The van der Waals surface area contributed by atoms with Crippen LogP contribution in [0.4, 0.5) is 0 Å². The molecule has 2 amide bonds. The van der Waals surface area contributed by atoms with Crippen molar-refractivity contribution in [2.75, 3.05) is 13.1 Å². The molecule has 4 heteroatoms. The van der Waals surface area contributed by atoms with Crippen LogP contribution in [0.25, 0.3) is 0 Å². The molecule has 0 aromatic carbocycles. The number of nitrogens with zero attached hydrogens (tertiary/aromatic N) is 1. The highest BCUT2D eigenvalue weighted by Crippen LogP contribution is 2.18. The van der Waals surface area contributed by atoms with E-state index in [4.69, 9.17) is 0 Å². The zero-order valence-electron chi connectivity index (χ0n) is 11.3. The van der Waals surface area contributed by atoms with Gasteiger partial charge in [0.2, 0.25) is 11.8 Å². The zero-order chi connectivity index (χ0) is 13.0. The van der Waals surface area contributed by atoms with Crippen LogP contribution in [-0.4, -0.2) is 35.8 Å². The number of nitrogens with one attached hydrogen (secondary N) is 1. The lowest BCUT2D eigenvalue weighted by Crippen LogP contribution is -2.61. The number of piperazine rings is 1. The van der Waals surface area contributed by atoms with E-state index in [-0.39, 0.29) is 30.3 Å². The minimum absolute atomic E-state index is 0.0108. The van der Waals surface area contributed by atoms with Crippen molar-refractivity contribution < 1.29 is 9.59 Å². The Morgan fingerprint density at radius 1 is 1.35 bits per heavy atom. The fourth-order valence-electron chi connectivity index (χ4n) is 2.46. The molecule has 1 N–H and O–H groups in total. The second-order valence-electron chi connectivity index (χ2n) is 5.35. The topological polar surface area (TPSA) is 49.4 Å². The molecule has 17 heavy (non-hydrogen) atoms. The molecule has 1 rings (SSSR count). The molecule has 2 atom stereocenters. The predicted molar refractivity (Wildman–Crippen MR) is 67.4 cm³/mol. The molecule has 0 aromatic heterocycles. The molecule has 1 fully saturated rings. The average molecular weight is 240 g/mol. The number of carbonyl (C=O) groups is 2. The van der Waals surface area contributed by atoms with Crippen molar-refractivity contribution in [1.29, 1.82) is 0 Å². The lowest BCUT2D eigenvalue weighted by Gasteiger charge is -2.38. The molecule has 0 aromatic rings. The van der Waals surface area contributed by atoms with Gasteiger partial charge in [0.1, 0.15) is 6.04 Å². The number of hydrogen-bond donors (Lipinski definition) is 1. The van der Waals surface area contributed by atoms with Crippen LogP contribution >= 0.6 is 0 Å². The third kappa shape index (κ3) is 3.45. The third-order valence-electron chi connectivity index (χ3n) is 3.26. The number of rotatable bonds is 5. The van der Waals surface area contributed by atoms with Gasteiger partial charge in [-0.1, -0.05) is 34.1 Å². The van der Waals surface area contributed by atoms with Gasteiger partial charge < -0.3 is 10.2 Å². The summed E-state index contributed by atoms with van der Waals surface area (Å²) in [6.45, 7) is 9.10. The Morgan fingerprint density at radius 2 is 2.00 bits per heavy atom. The molecule has 4 nitrogen and oxygen atoms in total. The maximum atomic E-state index is 11.9. The first-order valence-electron chi connectivity index (χ1n) is 6.54. The highest BCUT2D eigenvalue weighted by Gasteiger charge is 2.36. The normalized spacial score (nSPS) is 22.9. The van der Waals surface area contributed by atoms with E-state index in [1.807, 2.05) is 13.8 Å². The Hall–Kier alpha value is -1.06. The van der Waals surface area contributed by atoms with E-state index in [9.17, 15) is 9.59 Å². The molecule has 0 aliphatic carbocycles. The first-order valence-corrected chi connectivity index (χ1v) is 6.54. The molecule has 0 bridgehead atoms. The van der Waals surface area contributed by atoms with Crippen LogP contribution < -0.4 is 5.32 Å². The Balaban J connectivity index is 2.75. The van der Waals surface area contributed by atoms with E-state index in [1.165, 1.54) is 0 Å². The van der Waals surface area contributed by atoms with Crippen LogP contribution in [0.5, 0.6) is 0 Å². The van der Waals surface area contributed by atoms with Gasteiger partial charge in [-0.3, -0.25) is 9.59 Å². The lowest BCUT2D eigenvalue weighted by atomic mass is 9.96. The summed E-state index contributed by atoms with van der Waals surface area (Å²) in [5, 5.41) is 2.67. The Morgan fingerprint density at radius 3 is 2.53 bits per heavy atom. The summed E-state index contributed by atoms with van der Waals surface area (Å²) in [7, 11) is 0. The molecule has 1 saturated heterocycles. The first-order chi connectivity index (χ1) is 7.97. The van der Waals surface area contributed by atoms with Gasteiger partial charge in [-0.05, 0) is 18.3 Å². The molecule has 1 aliphatic rings. The minimum Gasteiger partial charge on any atom is -0.345 e. The third-order valence-corrected chi connectivity index (χ3v) is 3.26. The fourth-order valence-corrected chi connectivity index (χ4v) is 2.46. The van der Waals surface area contributed by atoms with Crippen LogP contribution in [0.3, 0.4) is 0 Å². The van der Waals surface area contributed by atoms with Gasteiger partial charge in [0, 0.05) is 6.54 Å². The van der Waals surface area contributed by atoms with Crippen molar-refractivity contribution in [2.24, 2.45) is 11.8 Å². The molecule has 98 valence electrons. The highest BCUT2D eigenvalue weighted by molar-refractivity contribution is 5.94. The van der Waals surface area contributed by atoms with Gasteiger partial charge >= 0.3 is 0 Å². The maximum Gasteiger partial charge on any atom is 0.243 e. The largest absolute Gasteiger partial charge is 0.345 e. The summed E-state index contributed by atoms with van der Waals surface area (Å²) in [6.07, 6.45) is 2.21. The number of amides is 2. The SMILES string of the molecule is CCCC(C)CN1C(=O)CNC(=O)C1C(C)C. The van der Waals surface area contributed by atoms with Gasteiger partial charge in [0.15, 0.2) is 0 Å². The van der Waals surface area contributed by atoms with Gasteiger partial charge in [-0.15, -0.1) is 0 Å². The molecular weight excluding hydrogens is 216 g/mol. The Kier molecular flexibility index (Phi) is 4.97. The fraction of sp³-hybridized carbons (Fsp3) is 0.846. The molecule has 2 unspecified atom stereocenters. The van der Waals surface area contributed by atoms with Crippen LogP contribution in [-0.2, 0) is 9.59 Å². The summed E-state index contributed by atoms with van der Waals surface area (Å²) < 4.78 is 0. The first kappa shape index (κ1) is 14.0. The van der Waals surface area contributed by atoms with E-state index >= 15 is 0 Å². The van der Waals surface area contributed by atoms with E-state index in [2.05, 4.69) is 19.2 Å². The molecule has 1 aliphatic heterocycles. The quantitative estimate of drug-likeness (QED) is 0.790. The van der Waals surface area contributed by atoms with Crippen LogP contribution in [0.15, 0.2) is 0 Å². The molecular formula is C13H24N2O2. The van der Waals surface area contributed by atoms with E-state index in [0.29, 0.717) is 12.5 Å². The lowest BCUT2D eigenvalue weighted by molar-refractivity contribution is -0.148. The predicted octanol–water partition coefficient (Wildman–Crippen LogP) is 1.41. The minimum atomic E-state index is -0.296. The summed E-state index contributed by atoms with van der Waals surface area (Å²) in [4.78, 5) is 25.5. The average Bonchev–Trinajstić information content (AvgIpc) is 2.23. The van der Waals surface area contributed by atoms with E-state index in [0.717, 1.165) is 12.8 Å². The maximum absolute atomic E-state index is 11.9. The summed E-state index contributed by atoms with van der Waals surface area (Å²) in [5.41, 5.74) is 0. The Bertz CT molecular complexity index is 289. The van der Waals surface area contributed by atoms with Crippen LogP contribution in [0.2, 0.25) is 0 Å². The summed E-state index contributed by atoms with van der Waals surface area (Å²) in [5.74, 6) is 0.652. The van der Waals surface area contributed by atoms with Gasteiger partial charge in [0.05, 0.1) is 6.54 Å². The van der Waals surface area contributed by atoms with Crippen LogP contribution in [0.1, 0.15) is 40.5 Å². The van der Waals surface area contributed by atoms with Gasteiger partial charge in [-0.25, -0.2) is 0 Å². The second-order valence-corrected chi connectivity index (χ2v) is 5.35. The van der Waals surface area contributed by atoms with Gasteiger partial charge in [-0.2, -0.15) is 0 Å². The second kappa shape index (κ2) is 6.03. The van der Waals surface area contributed by atoms with E-state index < -0.39 is 0 Å². The van der Waals surface area contributed by atoms with Crippen molar-refractivity contribution in [2.45, 2.75) is 46.6 Å².